The maximum absolute atomic E-state index is 12.5. The average Bonchev–Trinajstić information content (AvgIpc) is 2.56. The normalized spacial score (nSPS) is 19.6. The standard InChI is InChI=1S/C18H27N3O2/c1-13(14-8-10-20-11-9-14)12-16(22)21-18(2,17(19)23)15-6-4-3-5-7-15/h3-7,13-14,20H,8-12H2,1-2H3,(H2,19,23)(H,21,22). The van der Waals surface area contributed by atoms with Crippen LogP contribution in [0, 0.1) is 11.8 Å². The topological polar surface area (TPSA) is 84.2 Å². The Morgan fingerprint density at radius 3 is 2.48 bits per heavy atom. The van der Waals surface area contributed by atoms with Crippen molar-refractivity contribution in [1.82, 2.24) is 10.6 Å². The third-order valence-electron chi connectivity index (χ3n) is 4.93. The summed E-state index contributed by atoms with van der Waals surface area (Å²) in [4.78, 5) is 24.4. The van der Waals surface area contributed by atoms with Gasteiger partial charge in [-0.3, -0.25) is 9.59 Å². The number of hydrogen-bond acceptors (Lipinski definition) is 3. The van der Waals surface area contributed by atoms with Crippen LogP contribution >= 0.6 is 0 Å². The number of nitrogens with two attached hydrogens (primary N) is 1. The van der Waals surface area contributed by atoms with E-state index >= 15 is 0 Å². The number of carbonyl (C=O) groups excluding carboxylic acids is 2. The molecular weight excluding hydrogens is 290 g/mol. The van der Waals surface area contributed by atoms with Gasteiger partial charge in [-0.05, 0) is 50.3 Å². The summed E-state index contributed by atoms with van der Waals surface area (Å²) in [6, 6.07) is 9.15. The predicted molar refractivity (Wildman–Crippen MR) is 90.5 cm³/mol. The van der Waals surface area contributed by atoms with E-state index in [0.717, 1.165) is 25.9 Å². The fourth-order valence-electron chi connectivity index (χ4n) is 3.25. The Hall–Kier alpha value is -1.88. The minimum Gasteiger partial charge on any atom is -0.367 e. The van der Waals surface area contributed by atoms with Gasteiger partial charge >= 0.3 is 0 Å². The highest BCUT2D eigenvalue weighted by Crippen LogP contribution is 2.26. The maximum Gasteiger partial charge on any atom is 0.247 e. The molecule has 1 saturated heterocycles. The summed E-state index contributed by atoms with van der Waals surface area (Å²) < 4.78 is 0. The van der Waals surface area contributed by atoms with Crippen molar-refractivity contribution in [1.29, 1.82) is 0 Å². The van der Waals surface area contributed by atoms with Crippen LogP contribution in [0.15, 0.2) is 30.3 Å². The second-order valence-corrected chi connectivity index (χ2v) is 6.67. The van der Waals surface area contributed by atoms with Gasteiger partial charge in [-0.1, -0.05) is 37.3 Å². The third kappa shape index (κ3) is 4.32. The quantitative estimate of drug-likeness (QED) is 0.744. The number of benzene rings is 1. The highest BCUT2D eigenvalue weighted by Gasteiger charge is 2.35. The van der Waals surface area contributed by atoms with Gasteiger partial charge < -0.3 is 16.4 Å². The smallest absolute Gasteiger partial charge is 0.247 e. The number of nitrogens with one attached hydrogen (secondary N) is 2. The summed E-state index contributed by atoms with van der Waals surface area (Å²) in [5.74, 6) is 0.177. The van der Waals surface area contributed by atoms with E-state index in [1.54, 1.807) is 19.1 Å². The summed E-state index contributed by atoms with van der Waals surface area (Å²) >= 11 is 0. The average molecular weight is 317 g/mol. The van der Waals surface area contributed by atoms with Crippen LogP contribution in [0.1, 0.15) is 38.7 Å². The van der Waals surface area contributed by atoms with E-state index in [1.165, 1.54) is 0 Å². The molecule has 4 N–H and O–H groups in total. The second kappa shape index (κ2) is 7.59. The van der Waals surface area contributed by atoms with E-state index in [-0.39, 0.29) is 5.91 Å². The molecule has 2 rings (SSSR count). The molecule has 0 aromatic heterocycles. The Bertz CT molecular complexity index is 540. The van der Waals surface area contributed by atoms with Gasteiger partial charge in [0.25, 0.3) is 0 Å². The molecule has 2 atom stereocenters. The fraction of sp³-hybridized carbons (Fsp3) is 0.556. The van der Waals surface area contributed by atoms with E-state index in [9.17, 15) is 9.59 Å². The molecule has 126 valence electrons. The molecule has 2 amide bonds. The molecule has 0 bridgehead atoms. The zero-order valence-electron chi connectivity index (χ0n) is 14.0. The largest absolute Gasteiger partial charge is 0.367 e. The lowest BCUT2D eigenvalue weighted by Crippen LogP contribution is -2.53. The zero-order valence-corrected chi connectivity index (χ0v) is 14.0. The first kappa shape index (κ1) is 17.5. The molecular formula is C18H27N3O2. The summed E-state index contributed by atoms with van der Waals surface area (Å²) in [5.41, 5.74) is 5.09. The second-order valence-electron chi connectivity index (χ2n) is 6.67. The van der Waals surface area contributed by atoms with Crippen molar-refractivity contribution in [2.24, 2.45) is 17.6 Å². The van der Waals surface area contributed by atoms with Crippen LogP contribution in [0.3, 0.4) is 0 Å². The van der Waals surface area contributed by atoms with Crippen LogP contribution in [0.25, 0.3) is 0 Å². The van der Waals surface area contributed by atoms with Gasteiger partial charge in [0.05, 0.1) is 0 Å². The lowest BCUT2D eigenvalue weighted by atomic mass is 9.83. The number of hydrogen-bond donors (Lipinski definition) is 3. The Kier molecular flexibility index (Phi) is 5.77. The number of piperidine rings is 1. The molecule has 0 spiro atoms. The lowest BCUT2D eigenvalue weighted by Gasteiger charge is -2.31. The van der Waals surface area contributed by atoms with Crippen LogP contribution in [0.4, 0.5) is 0 Å². The van der Waals surface area contributed by atoms with Crippen molar-refractivity contribution in [2.75, 3.05) is 13.1 Å². The molecule has 5 nitrogen and oxygen atoms in total. The monoisotopic (exact) mass is 317 g/mol. The molecule has 23 heavy (non-hydrogen) atoms. The summed E-state index contributed by atoms with van der Waals surface area (Å²) in [7, 11) is 0. The van der Waals surface area contributed by atoms with Crippen molar-refractivity contribution in [3.63, 3.8) is 0 Å². The van der Waals surface area contributed by atoms with Crippen LogP contribution in [0.2, 0.25) is 0 Å². The Morgan fingerprint density at radius 2 is 1.91 bits per heavy atom. The molecule has 0 saturated carbocycles. The molecule has 1 heterocycles. The molecule has 1 aromatic carbocycles. The molecule has 1 aliphatic heterocycles. The van der Waals surface area contributed by atoms with Gasteiger partial charge in [0, 0.05) is 6.42 Å². The van der Waals surface area contributed by atoms with Crippen molar-refractivity contribution in [2.45, 2.75) is 38.6 Å². The number of rotatable bonds is 6. The highest BCUT2D eigenvalue weighted by molar-refractivity contribution is 5.91. The van der Waals surface area contributed by atoms with Gasteiger partial charge in [-0.15, -0.1) is 0 Å². The molecule has 1 fully saturated rings. The van der Waals surface area contributed by atoms with E-state index in [1.807, 2.05) is 18.2 Å². The minimum absolute atomic E-state index is 0.124. The van der Waals surface area contributed by atoms with Crippen LogP contribution < -0.4 is 16.4 Å². The molecule has 0 radical (unpaired) electrons. The van der Waals surface area contributed by atoms with Gasteiger partial charge in [0.15, 0.2) is 0 Å². The molecule has 5 heteroatoms. The molecule has 1 aliphatic rings. The van der Waals surface area contributed by atoms with Crippen molar-refractivity contribution < 1.29 is 9.59 Å². The summed E-state index contributed by atoms with van der Waals surface area (Å²) in [6.45, 7) is 5.80. The van der Waals surface area contributed by atoms with Gasteiger partial charge in [0.2, 0.25) is 11.8 Å². The summed E-state index contributed by atoms with van der Waals surface area (Å²) in [6.07, 6.45) is 2.61. The molecule has 2 unspecified atom stereocenters. The maximum atomic E-state index is 12.5. The number of amides is 2. The van der Waals surface area contributed by atoms with Gasteiger partial charge in [0.1, 0.15) is 5.54 Å². The molecule has 0 aliphatic carbocycles. The van der Waals surface area contributed by atoms with Crippen LogP contribution in [-0.2, 0) is 15.1 Å². The Morgan fingerprint density at radius 1 is 1.30 bits per heavy atom. The lowest BCUT2D eigenvalue weighted by molar-refractivity contribution is -0.132. The van der Waals surface area contributed by atoms with E-state index in [2.05, 4.69) is 17.6 Å². The first-order valence-electron chi connectivity index (χ1n) is 8.30. The number of primary amides is 1. The van der Waals surface area contributed by atoms with Crippen LogP contribution in [-0.4, -0.2) is 24.9 Å². The van der Waals surface area contributed by atoms with Crippen molar-refractivity contribution in [3.8, 4) is 0 Å². The van der Waals surface area contributed by atoms with E-state index < -0.39 is 11.4 Å². The fourth-order valence-corrected chi connectivity index (χ4v) is 3.25. The molecule has 1 aromatic rings. The first-order valence-corrected chi connectivity index (χ1v) is 8.30. The van der Waals surface area contributed by atoms with Crippen LogP contribution in [0.5, 0.6) is 0 Å². The summed E-state index contributed by atoms with van der Waals surface area (Å²) in [5, 5.41) is 6.19. The van der Waals surface area contributed by atoms with Gasteiger partial charge in [-0.2, -0.15) is 0 Å². The minimum atomic E-state index is -1.17. The SMILES string of the molecule is CC(CC(=O)NC(C)(C(N)=O)c1ccccc1)C1CCNCC1. The van der Waals surface area contributed by atoms with Crippen molar-refractivity contribution >= 4 is 11.8 Å². The number of carbonyl (C=O) groups is 2. The van der Waals surface area contributed by atoms with Crippen molar-refractivity contribution in [3.05, 3.63) is 35.9 Å². The Labute approximate surface area is 138 Å². The third-order valence-corrected chi connectivity index (χ3v) is 4.93. The van der Waals surface area contributed by atoms with E-state index in [4.69, 9.17) is 5.73 Å². The predicted octanol–water partition coefficient (Wildman–Crippen LogP) is 1.53. The highest BCUT2D eigenvalue weighted by atomic mass is 16.2. The Balaban J connectivity index is 2.02. The first-order chi connectivity index (χ1) is 10.9. The van der Waals surface area contributed by atoms with E-state index in [0.29, 0.717) is 23.8 Å². The zero-order chi connectivity index (χ0) is 16.9. The van der Waals surface area contributed by atoms with Gasteiger partial charge in [-0.25, -0.2) is 0 Å².